The molecule has 0 unspecified atom stereocenters. The van der Waals surface area contributed by atoms with Crippen LogP contribution in [0.15, 0.2) is 30.6 Å². The number of tetrazole rings is 1. The van der Waals surface area contributed by atoms with Gasteiger partial charge in [-0.15, -0.1) is 16.4 Å². The van der Waals surface area contributed by atoms with Gasteiger partial charge in [-0.3, -0.25) is 4.79 Å². The van der Waals surface area contributed by atoms with E-state index in [1.807, 2.05) is 12.1 Å². The Bertz CT molecular complexity index is 887. The number of fused-ring (bicyclic) bond motifs is 1. The van der Waals surface area contributed by atoms with Gasteiger partial charge in [0.15, 0.2) is 0 Å². The van der Waals surface area contributed by atoms with Crippen molar-refractivity contribution in [3.8, 4) is 10.8 Å². The van der Waals surface area contributed by atoms with Crippen molar-refractivity contribution in [3.05, 3.63) is 52.2 Å². The lowest BCUT2D eigenvalue weighted by molar-refractivity contribution is 0.0953. The maximum absolute atomic E-state index is 12.8. The Morgan fingerprint density at radius 3 is 2.88 bits per heavy atom. The first-order chi connectivity index (χ1) is 12.2. The summed E-state index contributed by atoms with van der Waals surface area (Å²) in [7, 11) is 0. The molecule has 1 aliphatic carbocycles. The third-order valence-electron chi connectivity index (χ3n) is 4.32. The Labute approximate surface area is 148 Å². The lowest BCUT2D eigenvalue weighted by atomic mass is 10.1. The number of aromatic nitrogens is 4. The topological polar surface area (TPSA) is 92.9 Å². The van der Waals surface area contributed by atoms with Gasteiger partial charge in [-0.1, -0.05) is 12.1 Å². The Hall–Kier alpha value is -2.74. The van der Waals surface area contributed by atoms with Crippen molar-refractivity contribution >= 4 is 17.2 Å². The van der Waals surface area contributed by atoms with Gasteiger partial charge in [0.05, 0.1) is 5.56 Å². The second-order valence-corrected chi connectivity index (χ2v) is 7.05. The highest BCUT2D eigenvalue weighted by Crippen LogP contribution is 2.37. The van der Waals surface area contributed by atoms with E-state index in [1.54, 1.807) is 28.2 Å². The zero-order valence-corrected chi connectivity index (χ0v) is 14.3. The van der Waals surface area contributed by atoms with Crippen molar-refractivity contribution in [1.29, 1.82) is 0 Å². The number of carbonyl (C=O) groups excluding carboxylic acids is 1. The first-order valence-electron chi connectivity index (χ1n) is 8.16. The van der Waals surface area contributed by atoms with Gasteiger partial charge < -0.3 is 10.4 Å². The minimum Gasteiger partial charge on any atom is -0.508 e. The van der Waals surface area contributed by atoms with Crippen molar-refractivity contribution in [2.45, 2.75) is 25.7 Å². The fourth-order valence-corrected chi connectivity index (χ4v) is 4.41. The predicted octanol–water partition coefficient (Wildman–Crippen LogP) is 1.89. The summed E-state index contributed by atoms with van der Waals surface area (Å²) in [5.74, 6) is 0.163. The molecule has 1 amide bonds. The number of phenols is 1. The molecule has 25 heavy (non-hydrogen) atoms. The number of benzene rings is 1. The Balaban J connectivity index is 1.51. The molecule has 128 valence electrons. The van der Waals surface area contributed by atoms with Crippen molar-refractivity contribution < 1.29 is 9.90 Å². The van der Waals surface area contributed by atoms with Gasteiger partial charge in [-0.05, 0) is 59.4 Å². The summed E-state index contributed by atoms with van der Waals surface area (Å²) in [5, 5.41) is 24.4. The molecule has 8 heteroatoms. The normalized spacial score (nSPS) is 13.0. The molecule has 0 fully saturated rings. The van der Waals surface area contributed by atoms with Crippen molar-refractivity contribution in [1.82, 2.24) is 25.5 Å². The first-order valence-corrected chi connectivity index (χ1v) is 8.98. The quantitative estimate of drug-likeness (QED) is 0.729. The zero-order valence-electron chi connectivity index (χ0n) is 13.5. The van der Waals surface area contributed by atoms with Crippen LogP contribution in [0.25, 0.3) is 5.00 Å². The number of phenolic OH excluding ortho intramolecular Hbond substituents is 1. The van der Waals surface area contributed by atoms with Crippen LogP contribution in [0.5, 0.6) is 5.75 Å². The molecule has 1 aromatic carbocycles. The van der Waals surface area contributed by atoms with Crippen LogP contribution in [-0.2, 0) is 19.3 Å². The minimum absolute atomic E-state index is 0.0799. The molecule has 0 radical (unpaired) electrons. The molecule has 0 saturated carbocycles. The molecule has 2 aromatic heterocycles. The second-order valence-electron chi connectivity index (χ2n) is 5.96. The third-order valence-corrected chi connectivity index (χ3v) is 5.60. The molecular formula is C17H17N5O2S. The molecule has 0 aliphatic heterocycles. The van der Waals surface area contributed by atoms with Gasteiger partial charge in [-0.2, -0.15) is 4.68 Å². The lowest BCUT2D eigenvalue weighted by Crippen LogP contribution is -2.27. The number of thiophene rings is 1. The number of rotatable bonds is 5. The summed E-state index contributed by atoms with van der Waals surface area (Å²) >= 11 is 1.60. The molecule has 3 aromatic rings. The number of hydrogen-bond acceptors (Lipinski definition) is 6. The highest BCUT2D eigenvalue weighted by molar-refractivity contribution is 7.15. The van der Waals surface area contributed by atoms with E-state index in [0.717, 1.165) is 35.4 Å². The second kappa shape index (κ2) is 6.64. The van der Waals surface area contributed by atoms with E-state index in [1.165, 1.54) is 11.2 Å². The van der Waals surface area contributed by atoms with E-state index in [0.29, 0.717) is 18.5 Å². The smallest absolute Gasteiger partial charge is 0.254 e. The van der Waals surface area contributed by atoms with E-state index in [2.05, 4.69) is 20.8 Å². The molecule has 1 aliphatic rings. The Morgan fingerprint density at radius 2 is 2.12 bits per heavy atom. The summed E-state index contributed by atoms with van der Waals surface area (Å²) in [6.07, 6.45) is 5.25. The van der Waals surface area contributed by atoms with Gasteiger partial charge in [0.1, 0.15) is 17.1 Å². The Morgan fingerprint density at radius 1 is 1.28 bits per heavy atom. The first kappa shape index (κ1) is 15.8. The van der Waals surface area contributed by atoms with Gasteiger partial charge in [0.2, 0.25) is 0 Å². The van der Waals surface area contributed by atoms with Crippen LogP contribution in [0.1, 0.15) is 32.8 Å². The largest absolute Gasteiger partial charge is 0.508 e. The lowest BCUT2D eigenvalue weighted by Gasteiger charge is -2.08. The van der Waals surface area contributed by atoms with Crippen LogP contribution in [0.2, 0.25) is 0 Å². The Kier molecular flexibility index (Phi) is 4.19. The van der Waals surface area contributed by atoms with Gasteiger partial charge in [0, 0.05) is 11.4 Å². The number of nitrogens with one attached hydrogen (secondary N) is 1. The number of amides is 1. The van der Waals surface area contributed by atoms with Crippen LogP contribution in [0.3, 0.4) is 0 Å². The number of aromatic hydroxyl groups is 1. The summed E-state index contributed by atoms with van der Waals surface area (Å²) in [4.78, 5) is 14.1. The van der Waals surface area contributed by atoms with Crippen molar-refractivity contribution in [3.63, 3.8) is 0 Å². The average Bonchev–Trinajstić information content (AvgIpc) is 3.32. The van der Waals surface area contributed by atoms with E-state index < -0.39 is 0 Å². The summed E-state index contributed by atoms with van der Waals surface area (Å²) in [6.45, 7) is 0.531. The monoisotopic (exact) mass is 355 g/mol. The zero-order chi connectivity index (χ0) is 17.2. The minimum atomic E-state index is -0.0799. The van der Waals surface area contributed by atoms with Crippen molar-refractivity contribution in [2.75, 3.05) is 6.54 Å². The van der Waals surface area contributed by atoms with Gasteiger partial charge in [0.25, 0.3) is 5.91 Å². The van der Waals surface area contributed by atoms with Crippen LogP contribution in [0, 0.1) is 0 Å². The molecule has 4 rings (SSSR count). The molecular weight excluding hydrogens is 338 g/mol. The van der Waals surface area contributed by atoms with Crippen LogP contribution in [-0.4, -0.2) is 37.8 Å². The van der Waals surface area contributed by atoms with Crippen LogP contribution in [0.4, 0.5) is 0 Å². The number of hydrogen-bond donors (Lipinski definition) is 2. The van der Waals surface area contributed by atoms with Crippen LogP contribution < -0.4 is 5.32 Å². The molecule has 0 spiro atoms. The summed E-state index contributed by atoms with van der Waals surface area (Å²) < 4.78 is 1.57. The molecule has 0 bridgehead atoms. The highest BCUT2D eigenvalue weighted by atomic mass is 32.1. The summed E-state index contributed by atoms with van der Waals surface area (Å²) in [5.41, 5.74) is 2.91. The molecule has 0 atom stereocenters. The SMILES string of the molecule is O=C(NCCc1ccc(O)cc1)c1c(-n2cnnn2)sc2c1CCC2. The number of carbonyl (C=O) groups is 1. The number of aryl methyl sites for hydroxylation is 1. The van der Waals surface area contributed by atoms with Gasteiger partial charge >= 0.3 is 0 Å². The van der Waals surface area contributed by atoms with E-state index in [4.69, 9.17) is 0 Å². The summed E-state index contributed by atoms with van der Waals surface area (Å²) in [6, 6.07) is 7.02. The van der Waals surface area contributed by atoms with Crippen molar-refractivity contribution in [2.24, 2.45) is 0 Å². The van der Waals surface area contributed by atoms with Crippen LogP contribution >= 0.6 is 11.3 Å². The molecule has 2 heterocycles. The van der Waals surface area contributed by atoms with E-state index >= 15 is 0 Å². The standard InChI is InChI=1S/C17H17N5O2S/c23-12-6-4-11(5-7-12)8-9-18-16(24)15-13-2-1-3-14(13)25-17(15)22-10-19-20-21-22/h4-7,10,23H,1-3,8-9H2,(H,18,24). The fraction of sp³-hybridized carbons (Fsp3) is 0.294. The average molecular weight is 355 g/mol. The van der Waals surface area contributed by atoms with E-state index in [-0.39, 0.29) is 11.7 Å². The van der Waals surface area contributed by atoms with Gasteiger partial charge in [-0.25, -0.2) is 0 Å². The highest BCUT2D eigenvalue weighted by Gasteiger charge is 2.27. The predicted molar refractivity (Wildman–Crippen MR) is 93.2 cm³/mol. The maximum atomic E-state index is 12.8. The molecule has 0 saturated heterocycles. The molecule has 7 nitrogen and oxygen atoms in total. The fourth-order valence-electron chi connectivity index (χ4n) is 3.11. The third kappa shape index (κ3) is 3.12. The maximum Gasteiger partial charge on any atom is 0.254 e. The van der Waals surface area contributed by atoms with E-state index in [9.17, 15) is 9.90 Å². The molecule has 2 N–H and O–H groups in total. The number of nitrogens with zero attached hydrogens (tertiary/aromatic N) is 4.